The molecule has 1 aromatic rings. The van der Waals surface area contributed by atoms with Crippen molar-refractivity contribution in [1.29, 1.82) is 0 Å². The fraction of sp³-hybridized carbons (Fsp3) is 0.583. The molecule has 0 aliphatic carbocycles. The number of halogens is 1. The number of aliphatic hydroxyl groups excluding tert-OH is 1. The molecule has 188 valence electrons. The zero-order valence-electron chi connectivity index (χ0n) is 20.4. The fourth-order valence-electron chi connectivity index (χ4n) is 3.81. The number of methoxy groups -OCH3 is 1. The molecule has 0 amide bonds. The minimum absolute atomic E-state index is 0.0739. The maximum Gasteiger partial charge on any atom is 0.317 e. The van der Waals surface area contributed by atoms with E-state index in [0.717, 1.165) is 0 Å². The summed E-state index contributed by atoms with van der Waals surface area (Å²) in [5, 5.41) is 10.9. The number of aromatic nitrogens is 2. The fourth-order valence-corrected chi connectivity index (χ4v) is 4.37. The molecular weight excluding hydrogens is 555 g/mol. The largest absolute Gasteiger partial charge is 0.464 e. The number of esters is 1. The molecule has 0 bridgehead atoms. The van der Waals surface area contributed by atoms with Crippen LogP contribution in [0.15, 0.2) is 36.9 Å². The minimum Gasteiger partial charge on any atom is -0.464 e. The van der Waals surface area contributed by atoms with E-state index in [1.165, 1.54) is 27.3 Å². The molecule has 1 N–H and O–H groups in total. The number of carbonyl (C=O) groups is 3. The molecule has 0 unspecified atom stereocenters. The Balaban J connectivity index is 2.50. The van der Waals surface area contributed by atoms with Crippen molar-refractivity contribution in [2.45, 2.75) is 68.9 Å². The van der Waals surface area contributed by atoms with Crippen molar-refractivity contribution in [2.75, 3.05) is 7.11 Å². The van der Waals surface area contributed by atoms with E-state index in [-0.39, 0.29) is 24.5 Å². The summed E-state index contributed by atoms with van der Waals surface area (Å²) in [6.45, 7) is 11.9. The second-order valence-electron chi connectivity index (χ2n) is 9.03. The third kappa shape index (κ3) is 6.14. The minimum atomic E-state index is -1.29. The van der Waals surface area contributed by atoms with Crippen molar-refractivity contribution in [3.63, 3.8) is 0 Å². The second kappa shape index (κ2) is 11.1. The molecule has 1 aromatic heterocycles. The monoisotopic (exact) mass is 588 g/mol. The Labute approximate surface area is 213 Å². The number of cyclic esters (lactones) is 1. The average Bonchev–Trinajstić information content (AvgIpc) is 3.34. The van der Waals surface area contributed by atoms with Gasteiger partial charge in [-0.3, -0.25) is 19.0 Å². The highest BCUT2D eigenvalue weighted by molar-refractivity contribution is 14.1. The number of Topliss-reactive ketones (excluding diaryl/α,β-unsaturated/α-hetero) is 2. The molecule has 0 spiro atoms. The van der Waals surface area contributed by atoms with Crippen molar-refractivity contribution in [3.8, 4) is 0 Å². The van der Waals surface area contributed by atoms with E-state index in [2.05, 4.69) is 11.6 Å². The molecule has 34 heavy (non-hydrogen) atoms. The van der Waals surface area contributed by atoms with Gasteiger partial charge in [-0.05, 0) is 74.9 Å². The zero-order valence-corrected chi connectivity index (χ0v) is 22.6. The summed E-state index contributed by atoms with van der Waals surface area (Å²) in [4.78, 5) is 42.9. The van der Waals surface area contributed by atoms with Gasteiger partial charge in [0.1, 0.15) is 12.2 Å². The van der Waals surface area contributed by atoms with E-state index in [4.69, 9.17) is 14.2 Å². The summed E-state index contributed by atoms with van der Waals surface area (Å²) in [6, 6.07) is 0. The Hall–Kier alpha value is -2.05. The molecule has 0 aromatic carbocycles. The molecule has 1 aliphatic rings. The van der Waals surface area contributed by atoms with Gasteiger partial charge in [-0.1, -0.05) is 6.92 Å². The zero-order chi connectivity index (χ0) is 25.8. The number of carbonyl (C=O) groups excluding carboxylic acids is 3. The molecular formula is C24H33IN2O7. The second-order valence-corrected chi connectivity index (χ2v) is 10.2. The lowest BCUT2D eigenvalue weighted by Gasteiger charge is -2.37. The van der Waals surface area contributed by atoms with Crippen LogP contribution >= 0.6 is 22.6 Å². The number of aliphatic hydroxyl groups is 1. The standard InChI is InChI=1S/C24H33IN2O7/c1-14-12-24(6,34-17(4)27-11-10-26-13-27)22(25)33-21(31)16(3)19(29)15(2)20(30)23(5,32-7)9-8-18(14)28/h10-13,15-16,20,22,30H,4,8-9H2,1-3,5-7H3/b14-12+/t15-,16+,20+,22-,23+,24-/m0/s1. The van der Waals surface area contributed by atoms with Gasteiger partial charge in [-0.2, -0.15) is 0 Å². The van der Waals surface area contributed by atoms with Crippen LogP contribution in [-0.4, -0.2) is 60.7 Å². The first-order valence-electron chi connectivity index (χ1n) is 11.0. The third-order valence-corrected chi connectivity index (χ3v) is 7.88. The van der Waals surface area contributed by atoms with Crippen molar-refractivity contribution in [1.82, 2.24) is 9.55 Å². The molecule has 0 saturated carbocycles. The van der Waals surface area contributed by atoms with Crippen LogP contribution in [0.4, 0.5) is 0 Å². The van der Waals surface area contributed by atoms with Crippen LogP contribution in [0.3, 0.4) is 0 Å². The van der Waals surface area contributed by atoms with Gasteiger partial charge in [0.2, 0.25) is 0 Å². The van der Waals surface area contributed by atoms with E-state index < -0.39 is 45.0 Å². The van der Waals surface area contributed by atoms with Gasteiger partial charge >= 0.3 is 5.97 Å². The highest BCUT2D eigenvalue weighted by Gasteiger charge is 2.44. The van der Waals surface area contributed by atoms with Crippen LogP contribution in [0, 0.1) is 11.8 Å². The quantitative estimate of drug-likeness (QED) is 0.187. The summed E-state index contributed by atoms with van der Waals surface area (Å²) in [6.07, 6.45) is 5.33. The molecule has 0 radical (unpaired) electrons. The lowest BCUT2D eigenvalue weighted by Crippen LogP contribution is -2.49. The number of rotatable bonds is 4. The number of alkyl halides is 1. The summed E-state index contributed by atoms with van der Waals surface area (Å²) in [5.74, 6) is -3.27. The van der Waals surface area contributed by atoms with Gasteiger partial charge in [0.05, 0.1) is 11.7 Å². The van der Waals surface area contributed by atoms with Crippen LogP contribution < -0.4 is 0 Å². The van der Waals surface area contributed by atoms with Gasteiger partial charge < -0.3 is 19.3 Å². The van der Waals surface area contributed by atoms with E-state index in [0.29, 0.717) is 5.57 Å². The molecule has 2 rings (SSSR count). The van der Waals surface area contributed by atoms with E-state index in [1.54, 1.807) is 43.8 Å². The summed E-state index contributed by atoms with van der Waals surface area (Å²) in [7, 11) is 1.42. The third-order valence-electron chi connectivity index (χ3n) is 6.39. The van der Waals surface area contributed by atoms with Gasteiger partial charge in [-0.15, -0.1) is 0 Å². The maximum absolute atomic E-state index is 13.0. The van der Waals surface area contributed by atoms with Crippen molar-refractivity contribution in [3.05, 3.63) is 36.9 Å². The lowest BCUT2D eigenvalue weighted by molar-refractivity contribution is -0.162. The first-order chi connectivity index (χ1) is 15.8. The average molecular weight is 588 g/mol. The molecule has 2 heterocycles. The number of hydrogen-bond acceptors (Lipinski definition) is 8. The van der Waals surface area contributed by atoms with Crippen LogP contribution in [0.25, 0.3) is 5.88 Å². The van der Waals surface area contributed by atoms with E-state index in [9.17, 15) is 19.5 Å². The number of imidazole rings is 1. The predicted octanol–water partition coefficient (Wildman–Crippen LogP) is 3.31. The first-order valence-corrected chi connectivity index (χ1v) is 12.2. The van der Waals surface area contributed by atoms with Crippen LogP contribution in [0.5, 0.6) is 0 Å². The Morgan fingerprint density at radius 1 is 1.32 bits per heavy atom. The summed E-state index contributed by atoms with van der Waals surface area (Å²) >= 11 is 1.90. The molecule has 0 fully saturated rings. The predicted molar refractivity (Wildman–Crippen MR) is 134 cm³/mol. The highest BCUT2D eigenvalue weighted by atomic mass is 127. The van der Waals surface area contributed by atoms with Crippen LogP contribution in [0.1, 0.15) is 47.5 Å². The van der Waals surface area contributed by atoms with Crippen LogP contribution in [-0.2, 0) is 28.6 Å². The van der Waals surface area contributed by atoms with E-state index in [1.807, 2.05) is 22.6 Å². The van der Waals surface area contributed by atoms with Crippen molar-refractivity contribution < 1.29 is 33.7 Å². The van der Waals surface area contributed by atoms with Crippen molar-refractivity contribution >= 4 is 46.0 Å². The van der Waals surface area contributed by atoms with Gasteiger partial charge in [0.25, 0.3) is 0 Å². The number of allylic oxidation sites excluding steroid dienone is 1. The van der Waals surface area contributed by atoms with Gasteiger partial charge in [0, 0.05) is 31.8 Å². The Bertz CT molecular complexity index is 961. The Kier molecular flexibility index (Phi) is 9.23. The Morgan fingerprint density at radius 3 is 2.53 bits per heavy atom. The highest BCUT2D eigenvalue weighted by Crippen LogP contribution is 2.34. The molecule has 6 atom stereocenters. The van der Waals surface area contributed by atoms with Gasteiger partial charge in [0.15, 0.2) is 27.2 Å². The van der Waals surface area contributed by atoms with Crippen LogP contribution in [0.2, 0.25) is 0 Å². The topological polar surface area (TPSA) is 117 Å². The molecule has 1 aliphatic heterocycles. The maximum atomic E-state index is 13.0. The SMILES string of the molecule is C=C(O[C@@]1(C)/C=C(\C)C(=O)CC[C@@](C)(OC)[C@H](O)[C@@H](C)C(=O)[C@@H](C)C(=O)O[C@@H]1I)n1ccnc1. The summed E-state index contributed by atoms with van der Waals surface area (Å²) in [5.41, 5.74) is -2.07. The molecule has 0 saturated heterocycles. The lowest BCUT2D eigenvalue weighted by atomic mass is 9.80. The normalized spacial score (nSPS) is 35.6. The number of nitrogens with zero attached hydrogens (tertiary/aromatic N) is 2. The number of hydrogen-bond donors (Lipinski definition) is 1. The Morgan fingerprint density at radius 2 is 1.97 bits per heavy atom. The molecule has 9 nitrogen and oxygen atoms in total. The van der Waals surface area contributed by atoms with E-state index >= 15 is 0 Å². The first kappa shape index (κ1) is 28.2. The molecule has 10 heteroatoms. The summed E-state index contributed by atoms with van der Waals surface area (Å²) < 4.78 is 17.9. The number of ether oxygens (including phenoxy) is 3. The van der Waals surface area contributed by atoms with Gasteiger partial charge in [-0.25, -0.2) is 4.98 Å². The number of ketones is 2. The smallest absolute Gasteiger partial charge is 0.317 e. The van der Waals surface area contributed by atoms with Crippen molar-refractivity contribution in [2.24, 2.45) is 11.8 Å².